The third-order valence-corrected chi connectivity index (χ3v) is 3.28. The molecule has 1 N–H and O–H groups in total. The molecule has 16 heavy (non-hydrogen) atoms. The minimum atomic E-state index is 0.745. The molecule has 0 aromatic heterocycles. The van der Waals surface area contributed by atoms with Gasteiger partial charge < -0.3 is 5.32 Å². The molecule has 0 aliphatic heterocycles. The Morgan fingerprint density at radius 3 is 3.00 bits per heavy atom. The van der Waals surface area contributed by atoms with Crippen LogP contribution >= 0.6 is 0 Å². The van der Waals surface area contributed by atoms with Gasteiger partial charge in [-0.25, -0.2) is 0 Å². The van der Waals surface area contributed by atoms with E-state index in [1.54, 1.807) is 0 Å². The van der Waals surface area contributed by atoms with Crippen LogP contribution in [0.5, 0.6) is 0 Å². The maximum atomic E-state index is 8.79. The van der Waals surface area contributed by atoms with E-state index in [0.717, 1.165) is 30.5 Å². The smallest absolute Gasteiger partial charge is 0.0991 e. The van der Waals surface area contributed by atoms with Crippen molar-refractivity contribution in [1.82, 2.24) is 5.32 Å². The number of hydrogen-bond acceptors (Lipinski definition) is 2. The Hall–Kier alpha value is -1.33. The first-order chi connectivity index (χ1) is 7.79. The number of rotatable bonds is 5. The van der Waals surface area contributed by atoms with Gasteiger partial charge in [0.25, 0.3) is 0 Å². The predicted octanol–water partition coefficient (Wildman–Crippen LogP) is 2.69. The van der Waals surface area contributed by atoms with Gasteiger partial charge in [-0.15, -0.1) is 0 Å². The molecule has 0 saturated heterocycles. The monoisotopic (exact) mass is 214 g/mol. The Kier molecular flexibility index (Phi) is 3.58. The Morgan fingerprint density at radius 2 is 2.31 bits per heavy atom. The van der Waals surface area contributed by atoms with Crippen molar-refractivity contribution in [1.29, 1.82) is 5.26 Å². The van der Waals surface area contributed by atoms with Gasteiger partial charge in [-0.3, -0.25) is 0 Å². The van der Waals surface area contributed by atoms with Crippen LogP contribution in [0.1, 0.15) is 30.9 Å². The van der Waals surface area contributed by atoms with Crippen molar-refractivity contribution in [2.75, 3.05) is 6.54 Å². The summed E-state index contributed by atoms with van der Waals surface area (Å²) in [5.41, 5.74) is 1.94. The Balaban J connectivity index is 1.78. The molecule has 1 aromatic carbocycles. The van der Waals surface area contributed by atoms with Gasteiger partial charge in [0, 0.05) is 6.54 Å². The summed E-state index contributed by atoms with van der Waals surface area (Å²) in [5.74, 6) is 1.75. The second-order valence-corrected chi connectivity index (χ2v) is 4.76. The summed E-state index contributed by atoms with van der Waals surface area (Å²) < 4.78 is 0. The normalized spacial score (nSPS) is 16.8. The molecule has 0 spiro atoms. The largest absolute Gasteiger partial charge is 0.312 e. The van der Waals surface area contributed by atoms with Crippen LogP contribution in [0.4, 0.5) is 0 Å². The highest BCUT2D eigenvalue weighted by molar-refractivity contribution is 5.32. The van der Waals surface area contributed by atoms with E-state index in [2.05, 4.69) is 24.4 Å². The minimum Gasteiger partial charge on any atom is -0.312 e. The lowest BCUT2D eigenvalue weighted by Gasteiger charge is -2.11. The lowest BCUT2D eigenvalue weighted by molar-refractivity contribution is 0.461. The third kappa shape index (κ3) is 3.08. The zero-order chi connectivity index (χ0) is 11.4. The molecule has 0 heterocycles. The van der Waals surface area contributed by atoms with Gasteiger partial charge in [0.05, 0.1) is 11.6 Å². The van der Waals surface area contributed by atoms with Crippen molar-refractivity contribution in [2.45, 2.75) is 26.3 Å². The van der Waals surface area contributed by atoms with Gasteiger partial charge in [-0.2, -0.15) is 5.26 Å². The van der Waals surface area contributed by atoms with E-state index in [-0.39, 0.29) is 0 Å². The standard InChI is InChI=1S/C14H18N2/c1-11(14-5-6-14)9-16-10-13-4-2-3-12(7-13)8-15/h2-4,7,11,14,16H,5-6,9-10H2,1H3. The van der Waals surface area contributed by atoms with Crippen molar-refractivity contribution in [2.24, 2.45) is 11.8 Å². The lowest BCUT2D eigenvalue weighted by atomic mass is 10.1. The van der Waals surface area contributed by atoms with Crippen LogP contribution in [0.2, 0.25) is 0 Å². The molecule has 2 rings (SSSR count). The fraction of sp³-hybridized carbons (Fsp3) is 0.500. The molecule has 1 aromatic rings. The topological polar surface area (TPSA) is 35.8 Å². The highest BCUT2D eigenvalue weighted by atomic mass is 14.9. The summed E-state index contributed by atoms with van der Waals surface area (Å²) in [6.45, 7) is 4.27. The SMILES string of the molecule is CC(CNCc1cccc(C#N)c1)C1CC1. The van der Waals surface area contributed by atoms with Crippen molar-refractivity contribution in [3.8, 4) is 6.07 Å². The van der Waals surface area contributed by atoms with Crippen molar-refractivity contribution in [3.05, 3.63) is 35.4 Å². The zero-order valence-corrected chi connectivity index (χ0v) is 9.74. The summed E-state index contributed by atoms with van der Waals surface area (Å²) in [5, 5.41) is 12.3. The Labute approximate surface area is 97.3 Å². The van der Waals surface area contributed by atoms with Gasteiger partial charge in [0.15, 0.2) is 0 Å². The molecule has 1 atom stereocenters. The van der Waals surface area contributed by atoms with Gasteiger partial charge in [-0.1, -0.05) is 19.1 Å². The molecular weight excluding hydrogens is 196 g/mol. The second-order valence-electron chi connectivity index (χ2n) is 4.76. The van der Waals surface area contributed by atoms with E-state index in [1.807, 2.05) is 18.2 Å². The molecule has 2 nitrogen and oxygen atoms in total. The quantitative estimate of drug-likeness (QED) is 0.818. The Morgan fingerprint density at radius 1 is 1.50 bits per heavy atom. The summed E-state index contributed by atoms with van der Waals surface area (Å²) >= 11 is 0. The van der Waals surface area contributed by atoms with Crippen LogP contribution in [-0.4, -0.2) is 6.54 Å². The molecule has 1 aliphatic rings. The van der Waals surface area contributed by atoms with Crippen LogP contribution in [0.15, 0.2) is 24.3 Å². The zero-order valence-electron chi connectivity index (χ0n) is 9.74. The fourth-order valence-corrected chi connectivity index (χ4v) is 2.03. The molecule has 84 valence electrons. The first kappa shape index (κ1) is 11.2. The van der Waals surface area contributed by atoms with Crippen LogP contribution in [0.3, 0.4) is 0 Å². The van der Waals surface area contributed by atoms with E-state index in [0.29, 0.717) is 0 Å². The molecule has 2 heteroatoms. The van der Waals surface area contributed by atoms with Crippen LogP contribution in [0, 0.1) is 23.2 Å². The fourth-order valence-electron chi connectivity index (χ4n) is 2.03. The number of nitrogens with one attached hydrogen (secondary N) is 1. The first-order valence-electron chi connectivity index (χ1n) is 5.99. The molecule has 0 bridgehead atoms. The number of benzene rings is 1. The van der Waals surface area contributed by atoms with Gasteiger partial charge in [0.2, 0.25) is 0 Å². The number of nitrogens with zero attached hydrogens (tertiary/aromatic N) is 1. The molecule has 0 radical (unpaired) electrons. The number of hydrogen-bond donors (Lipinski definition) is 1. The average molecular weight is 214 g/mol. The maximum Gasteiger partial charge on any atom is 0.0991 e. The molecule has 0 amide bonds. The summed E-state index contributed by atoms with van der Waals surface area (Å²) in [6, 6.07) is 9.97. The predicted molar refractivity (Wildman–Crippen MR) is 64.8 cm³/mol. The van der Waals surface area contributed by atoms with Gasteiger partial charge in [-0.05, 0) is 48.9 Å². The highest BCUT2D eigenvalue weighted by Crippen LogP contribution is 2.36. The molecule has 1 unspecified atom stereocenters. The van der Waals surface area contributed by atoms with Crippen molar-refractivity contribution >= 4 is 0 Å². The minimum absolute atomic E-state index is 0.745. The van der Waals surface area contributed by atoms with Crippen molar-refractivity contribution < 1.29 is 0 Å². The van der Waals surface area contributed by atoms with E-state index >= 15 is 0 Å². The van der Waals surface area contributed by atoms with Crippen LogP contribution in [0.25, 0.3) is 0 Å². The Bertz CT molecular complexity index is 388. The second kappa shape index (κ2) is 5.14. The van der Waals surface area contributed by atoms with E-state index in [1.165, 1.54) is 18.4 Å². The van der Waals surface area contributed by atoms with E-state index < -0.39 is 0 Å². The summed E-state index contributed by atoms with van der Waals surface area (Å²) in [4.78, 5) is 0. The number of nitriles is 1. The highest BCUT2D eigenvalue weighted by Gasteiger charge is 2.27. The summed E-state index contributed by atoms with van der Waals surface area (Å²) in [6.07, 6.45) is 2.82. The van der Waals surface area contributed by atoms with Gasteiger partial charge in [0.1, 0.15) is 0 Å². The third-order valence-electron chi connectivity index (χ3n) is 3.28. The summed E-state index contributed by atoms with van der Waals surface area (Å²) in [7, 11) is 0. The van der Waals surface area contributed by atoms with Gasteiger partial charge >= 0.3 is 0 Å². The molecular formula is C14H18N2. The average Bonchev–Trinajstić information content (AvgIpc) is 3.13. The lowest BCUT2D eigenvalue weighted by Crippen LogP contribution is -2.21. The van der Waals surface area contributed by atoms with Crippen LogP contribution in [-0.2, 0) is 6.54 Å². The first-order valence-corrected chi connectivity index (χ1v) is 5.99. The van der Waals surface area contributed by atoms with Crippen molar-refractivity contribution in [3.63, 3.8) is 0 Å². The molecule has 1 fully saturated rings. The maximum absolute atomic E-state index is 8.79. The van der Waals surface area contributed by atoms with E-state index in [4.69, 9.17) is 5.26 Å². The molecule has 1 saturated carbocycles. The molecule has 1 aliphatic carbocycles. The van der Waals surface area contributed by atoms with Crippen LogP contribution < -0.4 is 5.32 Å². The van der Waals surface area contributed by atoms with E-state index in [9.17, 15) is 0 Å².